The second-order valence-corrected chi connectivity index (χ2v) is 7.11. The first kappa shape index (κ1) is 14.8. The van der Waals surface area contributed by atoms with E-state index in [1.54, 1.807) is 0 Å². The van der Waals surface area contributed by atoms with Crippen molar-refractivity contribution >= 4 is 5.91 Å². The van der Waals surface area contributed by atoms with Gasteiger partial charge in [-0.3, -0.25) is 4.79 Å². The van der Waals surface area contributed by atoms with Crippen LogP contribution in [0.4, 0.5) is 0 Å². The highest BCUT2D eigenvalue weighted by Crippen LogP contribution is 2.34. The molecule has 3 nitrogen and oxygen atoms in total. The molecule has 2 aliphatic rings. The van der Waals surface area contributed by atoms with Crippen molar-refractivity contribution in [3.05, 3.63) is 0 Å². The summed E-state index contributed by atoms with van der Waals surface area (Å²) in [7, 11) is 0. The zero-order valence-corrected chi connectivity index (χ0v) is 12.9. The van der Waals surface area contributed by atoms with Crippen LogP contribution in [0.25, 0.3) is 0 Å². The van der Waals surface area contributed by atoms with Crippen molar-refractivity contribution < 1.29 is 4.79 Å². The number of nitrogens with two attached hydrogens (primary N) is 1. The summed E-state index contributed by atoms with van der Waals surface area (Å²) in [4.78, 5) is 15.0. The Bertz CT molecular complexity index is 331. The Morgan fingerprint density at radius 1 is 1.16 bits per heavy atom. The fraction of sp³-hybridized carbons (Fsp3) is 0.938. The highest BCUT2D eigenvalue weighted by Gasteiger charge is 2.39. The molecule has 0 aromatic heterocycles. The summed E-state index contributed by atoms with van der Waals surface area (Å²) in [5.41, 5.74) is 6.15. The SMILES string of the molecule is CC1CC(C)C(C)N(C(=O)C2CCCC(N)C2C)C1. The van der Waals surface area contributed by atoms with Crippen LogP contribution in [-0.2, 0) is 4.79 Å². The quantitative estimate of drug-likeness (QED) is 0.793. The van der Waals surface area contributed by atoms with E-state index >= 15 is 0 Å². The van der Waals surface area contributed by atoms with Crippen molar-refractivity contribution in [1.82, 2.24) is 4.90 Å². The van der Waals surface area contributed by atoms with Crippen molar-refractivity contribution in [1.29, 1.82) is 0 Å². The molecule has 2 rings (SSSR count). The molecule has 0 spiro atoms. The average molecular weight is 266 g/mol. The van der Waals surface area contributed by atoms with Gasteiger partial charge in [-0.2, -0.15) is 0 Å². The lowest BCUT2D eigenvalue weighted by Crippen LogP contribution is -2.53. The Morgan fingerprint density at radius 3 is 2.53 bits per heavy atom. The van der Waals surface area contributed by atoms with Crippen LogP contribution in [0.15, 0.2) is 0 Å². The third kappa shape index (κ3) is 2.96. The molecule has 0 aromatic carbocycles. The predicted molar refractivity (Wildman–Crippen MR) is 78.6 cm³/mol. The summed E-state index contributed by atoms with van der Waals surface area (Å²) < 4.78 is 0. The Labute approximate surface area is 117 Å². The fourth-order valence-corrected chi connectivity index (χ4v) is 3.97. The highest BCUT2D eigenvalue weighted by molar-refractivity contribution is 5.79. The Kier molecular flexibility index (Phi) is 4.54. The molecule has 1 aliphatic carbocycles. The van der Waals surface area contributed by atoms with Crippen molar-refractivity contribution in [3.8, 4) is 0 Å². The van der Waals surface area contributed by atoms with Gasteiger partial charge in [0.05, 0.1) is 0 Å². The molecular formula is C16H30N2O. The van der Waals surface area contributed by atoms with E-state index in [1.165, 1.54) is 6.42 Å². The number of hydrogen-bond donors (Lipinski definition) is 1. The minimum Gasteiger partial charge on any atom is -0.339 e. The lowest BCUT2D eigenvalue weighted by Gasteiger charge is -2.44. The minimum atomic E-state index is 0.156. The van der Waals surface area contributed by atoms with Gasteiger partial charge in [-0.1, -0.05) is 27.2 Å². The largest absolute Gasteiger partial charge is 0.339 e. The van der Waals surface area contributed by atoms with Crippen molar-refractivity contribution in [2.24, 2.45) is 29.4 Å². The summed E-state index contributed by atoms with van der Waals surface area (Å²) in [5.74, 6) is 2.10. The third-order valence-electron chi connectivity index (χ3n) is 5.56. The number of likely N-dealkylation sites (tertiary alicyclic amines) is 1. The molecule has 1 heterocycles. The lowest BCUT2D eigenvalue weighted by molar-refractivity contribution is -0.144. The lowest BCUT2D eigenvalue weighted by atomic mass is 9.75. The number of amides is 1. The van der Waals surface area contributed by atoms with Crippen LogP contribution in [0.5, 0.6) is 0 Å². The van der Waals surface area contributed by atoms with Crippen LogP contribution in [-0.4, -0.2) is 29.4 Å². The third-order valence-corrected chi connectivity index (χ3v) is 5.56. The first-order valence-electron chi connectivity index (χ1n) is 7.97. The van der Waals surface area contributed by atoms with Gasteiger partial charge in [0.25, 0.3) is 0 Å². The standard InChI is InChI=1S/C16H30N2O/c1-10-8-11(2)13(4)18(9-10)16(19)14-6-5-7-15(17)12(14)3/h10-15H,5-9,17H2,1-4H3. The second kappa shape index (κ2) is 5.82. The van der Waals surface area contributed by atoms with Crippen LogP contribution < -0.4 is 5.73 Å². The maximum absolute atomic E-state index is 12.9. The molecule has 0 radical (unpaired) electrons. The summed E-state index contributed by atoms with van der Waals surface area (Å²) in [5, 5.41) is 0. The maximum Gasteiger partial charge on any atom is 0.226 e. The second-order valence-electron chi connectivity index (χ2n) is 7.11. The number of carbonyl (C=O) groups excluding carboxylic acids is 1. The molecule has 1 saturated carbocycles. The molecule has 6 atom stereocenters. The van der Waals surface area contributed by atoms with Gasteiger partial charge in [0, 0.05) is 24.5 Å². The van der Waals surface area contributed by atoms with Crippen LogP contribution in [0.3, 0.4) is 0 Å². The highest BCUT2D eigenvalue weighted by atomic mass is 16.2. The van der Waals surface area contributed by atoms with E-state index in [1.807, 2.05) is 0 Å². The van der Waals surface area contributed by atoms with Crippen molar-refractivity contribution in [2.45, 2.75) is 65.5 Å². The molecule has 3 heteroatoms. The monoisotopic (exact) mass is 266 g/mol. The fourth-order valence-electron chi connectivity index (χ4n) is 3.97. The van der Waals surface area contributed by atoms with Gasteiger partial charge in [-0.05, 0) is 43.9 Å². The van der Waals surface area contributed by atoms with E-state index in [0.717, 1.165) is 25.8 Å². The predicted octanol–water partition coefficient (Wildman–Crippen LogP) is 2.64. The smallest absolute Gasteiger partial charge is 0.226 e. The Hall–Kier alpha value is -0.570. The van der Waals surface area contributed by atoms with Gasteiger partial charge in [0.15, 0.2) is 0 Å². The summed E-state index contributed by atoms with van der Waals surface area (Å²) in [6, 6.07) is 0.590. The number of nitrogens with zero attached hydrogens (tertiary/aromatic N) is 1. The van der Waals surface area contributed by atoms with Crippen molar-refractivity contribution in [3.63, 3.8) is 0 Å². The molecule has 0 bridgehead atoms. The molecule has 1 amide bonds. The average Bonchev–Trinajstić information content (AvgIpc) is 2.36. The molecule has 2 fully saturated rings. The zero-order chi connectivity index (χ0) is 14.2. The van der Waals surface area contributed by atoms with Gasteiger partial charge < -0.3 is 10.6 Å². The molecule has 0 aromatic rings. The molecule has 1 saturated heterocycles. The maximum atomic E-state index is 12.9. The van der Waals surface area contributed by atoms with E-state index in [2.05, 4.69) is 32.6 Å². The summed E-state index contributed by atoms with van der Waals surface area (Å²) >= 11 is 0. The van der Waals surface area contributed by atoms with E-state index in [9.17, 15) is 4.79 Å². The molecule has 2 N–H and O–H groups in total. The van der Waals surface area contributed by atoms with Gasteiger partial charge in [0.2, 0.25) is 5.91 Å². The number of carbonyl (C=O) groups is 1. The molecule has 19 heavy (non-hydrogen) atoms. The topological polar surface area (TPSA) is 46.3 Å². The molecule has 1 aliphatic heterocycles. The minimum absolute atomic E-state index is 0.156. The van der Waals surface area contributed by atoms with E-state index in [0.29, 0.717) is 29.7 Å². The van der Waals surface area contributed by atoms with E-state index in [4.69, 9.17) is 5.73 Å². The first-order chi connectivity index (χ1) is 8.91. The molecule has 6 unspecified atom stereocenters. The number of hydrogen-bond acceptors (Lipinski definition) is 2. The summed E-state index contributed by atoms with van der Waals surface area (Å²) in [6.07, 6.45) is 4.45. The van der Waals surface area contributed by atoms with Crippen LogP contribution in [0, 0.1) is 23.7 Å². The number of rotatable bonds is 1. The van der Waals surface area contributed by atoms with E-state index in [-0.39, 0.29) is 12.0 Å². The van der Waals surface area contributed by atoms with Gasteiger partial charge in [-0.25, -0.2) is 0 Å². The van der Waals surface area contributed by atoms with Crippen LogP contribution >= 0.6 is 0 Å². The first-order valence-corrected chi connectivity index (χ1v) is 7.97. The normalized spacial score (nSPS) is 44.2. The number of piperidine rings is 1. The van der Waals surface area contributed by atoms with Gasteiger partial charge >= 0.3 is 0 Å². The van der Waals surface area contributed by atoms with Gasteiger partial charge in [-0.15, -0.1) is 0 Å². The molecular weight excluding hydrogens is 236 g/mol. The van der Waals surface area contributed by atoms with Crippen LogP contribution in [0.2, 0.25) is 0 Å². The summed E-state index contributed by atoms with van der Waals surface area (Å²) in [6.45, 7) is 9.84. The van der Waals surface area contributed by atoms with Crippen molar-refractivity contribution in [2.75, 3.05) is 6.54 Å². The van der Waals surface area contributed by atoms with Crippen LogP contribution in [0.1, 0.15) is 53.4 Å². The Balaban J connectivity index is 2.09. The molecule has 110 valence electrons. The Morgan fingerprint density at radius 2 is 1.84 bits per heavy atom. The van der Waals surface area contributed by atoms with E-state index < -0.39 is 0 Å². The van der Waals surface area contributed by atoms with Gasteiger partial charge in [0.1, 0.15) is 0 Å². The zero-order valence-electron chi connectivity index (χ0n) is 12.9.